The van der Waals surface area contributed by atoms with Crippen molar-refractivity contribution in [3.8, 4) is 12.1 Å². The van der Waals surface area contributed by atoms with Crippen LogP contribution in [0.15, 0.2) is 108 Å². The second kappa shape index (κ2) is 10.8. The lowest BCUT2D eigenvalue weighted by Crippen LogP contribution is -2.30. The van der Waals surface area contributed by atoms with Crippen molar-refractivity contribution in [2.45, 2.75) is 32.1 Å². The molecule has 4 aromatic rings. The molecule has 1 N–H and O–H groups in total. The van der Waals surface area contributed by atoms with Crippen LogP contribution in [0.2, 0.25) is 0 Å². The molecule has 2 unspecified atom stereocenters. The molecule has 0 fully saturated rings. The molecule has 0 radical (unpaired) electrons. The zero-order valence-corrected chi connectivity index (χ0v) is 23.8. The second-order valence-corrected chi connectivity index (χ2v) is 11.2. The number of nitrogens with one attached hydrogen (secondary N) is 1. The molecule has 0 saturated heterocycles. The highest BCUT2D eigenvalue weighted by atomic mass is 19.1. The minimum Gasteiger partial charge on any atom is -0.355 e. The van der Waals surface area contributed by atoms with E-state index in [-0.39, 0.29) is 11.5 Å². The summed E-state index contributed by atoms with van der Waals surface area (Å²) in [7, 11) is 0. The van der Waals surface area contributed by atoms with Gasteiger partial charge in [-0.3, -0.25) is 0 Å². The molecule has 2 atom stereocenters. The van der Waals surface area contributed by atoms with Gasteiger partial charge in [0, 0.05) is 34.4 Å². The Balaban J connectivity index is 1.36. The number of benzene rings is 4. The fourth-order valence-electron chi connectivity index (χ4n) is 6.87. The van der Waals surface area contributed by atoms with Crippen LogP contribution in [0.5, 0.6) is 0 Å². The molecule has 0 saturated carbocycles. The molecule has 0 bridgehead atoms. The maximum Gasteiger partial charge on any atom is 0.141 e. The third-order valence-electron chi connectivity index (χ3n) is 8.91. The molecule has 0 heterocycles. The summed E-state index contributed by atoms with van der Waals surface area (Å²) in [6.45, 7) is 2.08. The maximum atomic E-state index is 14.0. The number of para-hydroxylation sites is 1. The Kier molecular flexibility index (Phi) is 6.65. The van der Waals surface area contributed by atoms with Gasteiger partial charge in [0.05, 0.1) is 17.2 Å². The van der Waals surface area contributed by atoms with E-state index in [9.17, 15) is 14.9 Å². The first-order valence-corrected chi connectivity index (χ1v) is 14.7. The molecule has 0 aliphatic heterocycles. The molecule has 4 aromatic carbocycles. The Morgan fingerprint density at radius 2 is 1.72 bits per heavy atom. The number of hydrogen-bond donors (Lipinski definition) is 1. The minimum atomic E-state index is -0.515. The van der Waals surface area contributed by atoms with E-state index >= 15 is 0 Å². The number of aryl methyl sites for hydroxylation is 1. The summed E-state index contributed by atoms with van der Waals surface area (Å²) in [5.41, 5.74) is 11.6. The molecule has 4 nitrogen and oxygen atoms in total. The van der Waals surface area contributed by atoms with Crippen molar-refractivity contribution in [1.29, 1.82) is 10.5 Å². The average Bonchev–Trinajstić information content (AvgIpc) is 3.06. The quantitative estimate of drug-likeness (QED) is 0.255. The number of hydrogen-bond acceptors (Lipinski definition) is 4. The van der Waals surface area contributed by atoms with Crippen LogP contribution in [-0.2, 0) is 12.8 Å². The smallest absolute Gasteiger partial charge is 0.141 e. The monoisotopic (exact) mass is 560 g/mol. The van der Waals surface area contributed by atoms with E-state index in [2.05, 4.69) is 83.9 Å². The summed E-state index contributed by atoms with van der Waals surface area (Å²) >= 11 is 0. The Morgan fingerprint density at radius 1 is 0.884 bits per heavy atom. The zero-order chi connectivity index (χ0) is 29.5. The zero-order valence-electron chi connectivity index (χ0n) is 23.8. The Bertz CT molecular complexity index is 1940. The van der Waals surface area contributed by atoms with Crippen molar-refractivity contribution in [3.63, 3.8) is 0 Å². The predicted molar refractivity (Wildman–Crippen MR) is 170 cm³/mol. The van der Waals surface area contributed by atoms with E-state index in [4.69, 9.17) is 0 Å². The third kappa shape index (κ3) is 4.51. The number of nitrogens with zero attached hydrogens (tertiary/aromatic N) is 3. The summed E-state index contributed by atoms with van der Waals surface area (Å²) in [6, 6.07) is 29.7. The van der Waals surface area contributed by atoms with Gasteiger partial charge in [0.1, 0.15) is 11.9 Å². The Hall–Kier alpha value is -5.39. The van der Waals surface area contributed by atoms with E-state index in [1.165, 1.54) is 28.3 Å². The molecular weight excluding hydrogens is 531 g/mol. The van der Waals surface area contributed by atoms with E-state index in [1.807, 2.05) is 30.3 Å². The van der Waals surface area contributed by atoms with E-state index < -0.39 is 5.82 Å². The predicted octanol–water partition coefficient (Wildman–Crippen LogP) is 9.21. The van der Waals surface area contributed by atoms with Gasteiger partial charge in [0.25, 0.3) is 0 Å². The van der Waals surface area contributed by atoms with Crippen LogP contribution >= 0.6 is 0 Å². The first-order valence-electron chi connectivity index (χ1n) is 14.7. The van der Waals surface area contributed by atoms with Crippen LogP contribution in [0.25, 0.3) is 6.08 Å². The van der Waals surface area contributed by atoms with Gasteiger partial charge in [-0.1, -0.05) is 55.5 Å². The second-order valence-electron chi connectivity index (χ2n) is 11.2. The number of anilines is 4. The highest BCUT2D eigenvalue weighted by molar-refractivity contribution is 5.79. The van der Waals surface area contributed by atoms with E-state index in [0.29, 0.717) is 17.2 Å². The summed E-state index contributed by atoms with van der Waals surface area (Å²) in [4.78, 5) is 2.27. The molecule has 0 amide bonds. The molecule has 3 aliphatic carbocycles. The molecule has 43 heavy (non-hydrogen) atoms. The average molecular weight is 561 g/mol. The summed E-state index contributed by atoms with van der Waals surface area (Å²) in [5.74, 6) is 0.0410. The SMILES string of the molecule is CCc1ccc(N(C2=C3C=Cc4ccc(Nc5ccc(F)c(C#N)c5)c5c4C3C(C=C2)CC5)c2ccccc2)cc1C#N. The molecule has 3 aliphatic rings. The first kappa shape index (κ1) is 26.5. The van der Waals surface area contributed by atoms with Crippen molar-refractivity contribution in [2.75, 3.05) is 10.2 Å². The highest BCUT2D eigenvalue weighted by Crippen LogP contribution is 2.53. The van der Waals surface area contributed by atoms with E-state index in [1.54, 1.807) is 12.1 Å². The molecule has 7 rings (SSSR count). The molecule has 5 heteroatoms. The fraction of sp³-hybridized carbons (Fsp3) is 0.158. The maximum absolute atomic E-state index is 14.0. The van der Waals surface area contributed by atoms with Crippen molar-refractivity contribution in [3.05, 3.63) is 148 Å². The van der Waals surface area contributed by atoms with Crippen LogP contribution in [-0.4, -0.2) is 0 Å². The topological polar surface area (TPSA) is 62.9 Å². The van der Waals surface area contributed by atoms with Crippen LogP contribution < -0.4 is 10.2 Å². The Labute approximate surface area is 251 Å². The van der Waals surface area contributed by atoms with Gasteiger partial charge in [0.15, 0.2) is 0 Å². The fourth-order valence-corrected chi connectivity index (χ4v) is 6.87. The van der Waals surface area contributed by atoms with E-state index in [0.717, 1.165) is 47.6 Å². The van der Waals surface area contributed by atoms with Gasteiger partial charge < -0.3 is 10.2 Å². The number of allylic oxidation sites excluding steroid dienone is 4. The largest absolute Gasteiger partial charge is 0.355 e. The number of rotatable bonds is 6. The standard InChI is InChI=1S/C38H29FN4/c1-2-24-8-14-31(21-27(24)22-40)43(30-6-4-3-5-7-30)36-19-12-26-9-15-32-35(42-29-13-17-34(39)28(20-29)23-41)18-11-25-10-16-33(36)38(26)37(25)32/h3-8,10-14,16-21,26,38,42H,2,9,15H2,1H3. The van der Waals surface area contributed by atoms with Gasteiger partial charge in [-0.25, -0.2) is 4.39 Å². The van der Waals surface area contributed by atoms with Crippen LogP contribution in [0.1, 0.15) is 52.6 Å². The van der Waals surface area contributed by atoms with Gasteiger partial charge in [-0.2, -0.15) is 10.5 Å². The lowest BCUT2D eigenvalue weighted by atomic mass is 9.65. The van der Waals surface area contributed by atoms with Gasteiger partial charge in [-0.15, -0.1) is 0 Å². The van der Waals surface area contributed by atoms with Gasteiger partial charge in [0.2, 0.25) is 0 Å². The van der Waals surface area contributed by atoms with Gasteiger partial charge in [-0.05, 0) is 108 Å². The summed E-state index contributed by atoms with van der Waals surface area (Å²) in [5, 5.41) is 22.8. The van der Waals surface area contributed by atoms with Crippen molar-refractivity contribution < 1.29 is 4.39 Å². The highest BCUT2D eigenvalue weighted by Gasteiger charge is 2.39. The normalized spacial score (nSPS) is 17.6. The third-order valence-corrected chi connectivity index (χ3v) is 8.91. The van der Waals surface area contributed by atoms with Crippen LogP contribution in [0.3, 0.4) is 0 Å². The molecule has 0 aromatic heterocycles. The molecule has 0 spiro atoms. The Morgan fingerprint density at radius 3 is 2.51 bits per heavy atom. The number of nitriles is 2. The molecule has 208 valence electrons. The molecular formula is C38H29FN4. The van der Waals surface area contributed by atoms with Crippen LogP contribution in [0, 0.1) is 34.4 Å². The lowest BCUT2D eigenvalue weighted by Gasteiger charge is -2.42. The summed E-state index contributed by atoms with van der Waals surface area (Å²) in [6.07, 6.45) is 11.8. The van der Waals surface area contributed by atoms with Crippen molar-refractivity contribution in [2.24, 2.45) is 5.92 Å². The van der Waals surface area contributed by atoms with Crippen molar-refractivity contribution >= 4 is 28.8 Å². The van der Waals surface area contributed by atoms with Crippen molar-refractivity contribution in [1.82, 2.24) is 0 Å². The van der Waals surface area contributed by atoms with Gasteiger partial charge >= 0.3 is 0 Å². The first-order chi connectivity index (χ1) is 21.1. The summed E-state index contributed by atoms with van der Waals surface area (Å²) < 4.78 is 14.0. The lowest BCUT2D eigenvalue weighted by molar-refractivity contribution is 0.482. The van der Waals surface area contributed by atoms with Crippen LogP contribution in [0.4, 0.5) is 27.1 Å². The number of halogens is 1. The minimum absolute atomic E-state index is 0.0272.